The lowest BCUT2D eigenvalue weighted by Crippen LogP contribution is -2.78. The second-order valence-electron chi connectivity index (χ2n) is 15.3. The number of aliphatic hydroxyl groups is 3. The molecule has 4 saturated carbocycles. The lowest BCUT2D eigenvalue weighted by atomic mass is 9.40. The van der Waals surface area contributed by atoms with Gasteiger partial charge in [-0.15, -0.1) is 0 Å². The Morgan fingerprint density at radius 2 is 1.73 bits per heavy atom. The van der Waals surface area contributed by atoms with Crippen LogP contribution in [0.25, 0.3) is 0 Å². The molecule has 0 aromatic carbocycles. The minimum absolute atomic E-state index is 0.0463. The van der Waals surface area contributed by atoms with Gasteiger partial charge in [-0.1, -0.05) is 27.7 Å². The number of nitrogens with zero attached hydrogens (tertiary/aromatic N) is 1. The lowest BCUT2D eigenvalue weighted by Gasteiger charge is -2.71. The normalized spacial score (nSPS) is 51.3. The maximum atomic E-state index is 12.6. The summed E-state index contributed by atoms with van der Waals surface area (Å²) in [5.74, 6) is -1.70. The molecule has 1 spiro atoms. The Labute approximate surface area is 224 Å². The first-order valence-corrected chi connectivity index (χ1v) is 17.3. The van der Waals surface area contributed by atoms with Crippen molar-refractivity contribution in [2.75, 3.05) is 6.61 Å². The van der Waals surface area contributed by atoms with Crippen molar-refractivity contribution >= 4 is 8.32 Å². The van der Waals surface area contributed by atoms with Gasteiger partial charge in [0, 0.05) is 17.8 Å². The van der Waals surface area contributed by atoms with Crippen LogP contribution in [0.5, 0.6) is 0 Å². The van der Waals surface area contributed by atoms with E-state index in [0.717, 1.165) is 0 Å². The highest BCUT2D eigenvalue weighted by Gasteiger charge is 2.76. The average molecular weight is 536 g/mol. The molecule has 0 aromatic heterocycles. The van der Waals surface area contributed by atoms with Gasteiger partial charge in [0.1, 0.15) is 0 Å². The summed E-state index contributed by atoms with van der Waals surface area (Å²) in [5.41, 5.74) is -3.71. The fourth-order valence-electron chi connectivity index (χ4n) is 9.13. The van der Waals surface area contributed by atoms with Crippen molar-refractivity contribution in [3.8, 4) is 6.07 Å². The Kier molecular flexibility index (Phi) is 6.25. The van der Waals surface area contributed by atoms with Crippen LogP contribution in [0.15, 0.2) is 0 Å². The summed E-state index contributed by atoms with van der Waals surface area (Å²) in [6.07, 6.45) is 2.49. The zero-order valence-electron chi connectivity index (χ0n) is 24.1. The molecule has 5 rings (SSSR count). The van der Waals surface area contributed by atoms with Crippen molar-refractivity contribution in [1.82, 2.24) is 0 Å². The molecular formula is C29H49NO6Si. The minimum Gasteiger partial charge on any atom is -0.414 e. The van der Waals surface area contributed by atoms with Gasteiger partial charge < -0.3 is 29.2 Å². The van der Waals surface area contributed by atoms with Gasteiger partial charge in [0.2, 0.25) is 0 Å². The van der Waals surface area contributed by atoms with Gasteiger partial charge in [-0.05, 0) is 76.4 Å². The molecule has 210 valence electrons. The molecule has 0 aromatic rings. The molecule has 3 N–H and O–H groups in total. The number of aliphatic hydroxyl groups excluding tert-OH is 1. The summed E-state index contributed by atoms with van der Waals surface area (Å²) in [6, 6.07) is 2.43. The first-order chi connectivity index (χ1) is 16.9. The molecule has 0 unspecified atom stereocenters. The van der Waals surface area contributed by atoms with Crippen molar-refractivity contribution in [3.63, 3.8) is 0 Å². The largest absolute Gasteiger partial charge is 0.414 e. The number of hydrogen-bond acceptors (Lipinski definition) is 7. The quantitative estimate of drug-likeness (QED) is 0.446. The fourth-order valence-corrected chi connectivity index (χ4v) is 10.5. The van der Waals surface area contributed by atoms with Crippen LogP contribution in [-0.4, -0.2) is 65.5 Å². The second-order valence-corrected chi connectivity index (χ2v) is 20.1. The number of hydrogen-bond donors (Lipinski definition) is 3. The molecule has 8 heteroatoms. The third-order valence-corrected chi connectivity index (χ3v) is 16.7. The van der Waals surface area contributed by atoms with Crippen molar-refractivity contribution in [2.24, 2.45) is 28.6 Å². The van der Waals surface area contributed by atoms with Crippen LogP contribution in [0.1, 0.15) is 86.5 Å². The molecule has 0 amide bonds. The van der Waals surface area contributed by atoms with Gasteiger partial charge in [0.15, 0.2) is 14.1 Å². The van der Waals surface area contributed by atoms with Gasteiger partial charge in [0.05, 0.1) is 53.5 Å². The van der Waals surface area contributed by atoms with E-state index in [2.05, 4.69) is 39.9 Å². The van der Waals surface area contributed by atoms with E-state index in [1.807, 2.05) is 20.8 Å². The van der Waals surface area contributed by atoms with Crippen molar-refractivity contribution in [2.45, 2.75) is 140 Å². The molecule has 37 heavy (non-hydrogen) atoms. The maximum Gasteiger partial charge on any atom is 0.192 e. The van der Waals surface area contributed by atoms with Crippen molar-refractivity contribution in [1.29, 1.82) is 5.26 Å². The third-order valence-electron chi connectivity index (χ3n) is 12.1. The molecule has 4 aliphatic carbocycles. The topological polar surface area (TPSA) is 112 Å². The van der Waals surface area contributed by atoms with E-state index in [0.29, 0.717) is 44.9 Å². The number of nitriles is 1. The Morgan fingerprint density at radius 3 is 2.35 bits per heavy atom. The third kappa shape index (κ3) is 3.71. The van der Waals surface area contributed by atoms with Crippen LogP contribution >= 0.6 is 0 Å². The first-order valence-electron chi connectivity index (χ1n) is 14.4. The smallest absolute Gasteiger partial charge is 0.192 e. The Hall–Kier alpha value is -0.533. The molecule has 7 nitrogen and oxygen atoms in total. The van der Waals surface area contributed by atoms with E-state index in [4.69, 9.17) is 13.9 Å². The van der Waals surface area contributed by atoms with Crippen LogP contribution in [0, 0.1) is 39.9 Å². The fraction of sp³-hybridized carbons (Fsp3) is 0.966. The van der Waals surface area contributed by atoms with E-state index < -0.39 is 42.2 Å². The molecule has 1 saturated heterocycles. The van der Waals surface area contributed by atoms with Crippen LogP contribution in [0.4, 0.5) is 0 Å². The van der Waals surface area contributed by atoms with Crippen LogP contribution in [-0.2, 0) is 13.9 Å². The molecule has 1 heterocycles. The summed E-state index contributed by atoms with van der Waals surface area (Å²) in [6.45, 7) is 17.3. The predicted octanol–water partition coefficient (Wildman–Crippen LogP) is 4.50. The van der Waals surface area contributed by atoms with Gasteiger partial charge in [0.25, 0.3) is 0 Å². The Balaban J connectivity index is 1.56. The van der Waals surface area contributed by atoms with Gasteiger partial charge in [-0.2, -0.15) is 5.26 Å². The summed E-state index contributed by atoms with van der Waals surface area (Å²) < 4.78 is 19.8. The van der Waals surface area contributed by atoms with Crippen LogP contribution < -0.4 is 0 Å². The number of fused-ring (bicyclic) bond motifs is 3. The highest BCUT2D eigenvalue weighted by molar-refractivity contribution is 6.74. The standard InChI is InChI=1S/C29H49NO6Si/c1-24(2,3)37(7,8)36-19-13-22-28(17-34-25(4,5)35-22)23-20(10-11-27(28,32)14-19)29(33)12-9-18(16-30)26(29,6)15-21(23)31/h18-23,31-33H,9-15,17H2,1-8H3/t18-,19+,20-,21+,22-,23-,26-,27+,28-,29+/m1/s1. The monoisotopic (exact) mass is 535 g/mol. The second kappa shape index (κ2) is 8.25. The zero-order valence-corrected chi connectivity index (χ0v) is 25.1. The summed E-state index contributed by atoms with van der Waals surface area (Å²) in [7, 11) is -2.09. The van der Waals surface area contributed by atoms with Gasteiger partial charge in [-0.25, -0.2) is 0 Å². The predicted molar refractivity (Wildman–Crippen MR) is 142 cm³/mol. The van der Waals surface area contributed by atoms with E-state index in [9.17, 15) is 20.6 Å². The van der Waals surface area contributed by atoms with Crippen molar-refractivity contribution in [3.05, 3.63) is 0 Å². The van der Waals surface area contributed by atoms with Gasteiger partial charge >= 0.3 is 0 Å². The highest BCUT2D eigenvalue weighted by Crippen LogP contribution is 2.71. The molecule has 5 fully saturated rings. The summed E-state index contributed by atoms with van der Waals surface area (Å²) in [4.78, 5) is 0. The van der Waals surface area contributed by atoms with E-state index in [1.165, 1.54) is 0 Å². The molecular weight excluding hydrogens is 486 g/mol. The molecule has 5 aliphatic rings. The maximum absolute atomic E-state index is 12.6. The van der Waals surface area contributed by atoms with Crippen LogP contribution in [0.3, 0.4) is 0 Å². The lowest BCUT2D eigenvalue weighted by molar-refractivity contribution is -0.401. The summed E-state index contributed by atoms with van der Waals surface area (Å²) in [5, 5.41) is 46.7. The van der Waals surface area contributed by atoms with Crippen molar-refractivity contribution < 1.29 is 29.2 Å². The summed E-state index contributed by atoms with van der Waals surface area (Å²) >= 11 is 0. The van der Waals surface area contributed by atoms with E-state index in [-0.39, 0.29) is 41.6 Å². The van der Waals surface area contributed by atoms with Crippen LogP contribution in [0.2, 0.25) is 18.1 Å². The molecule has 0 bridgehead atoms. The average Bonchev–Trinajstić information content (AvgIpc) is 3.01. The Morgan fingerprint density at radius 1 is 1.05 bits per heavy atom. The molecule has 1 aliphatic heterocycles. The van der Waals surface area contributed by atoms with E-state index in [1.54, 1.807) is 0 Å². The highest BCUT2D eigenvalue weighted by atomic mass is 28.4. The number of rotatable bonds is 2. The van der Waals surface area contributed by atoms with E-state index >= 15 is 0 Å². The minimum atomic E-state index is -2.09. The first kappa shape index (κ1) is 28.0. The molecule has 0 radical (unpaired) electrons. The number of ether oxygens (including phenoxy) is 2. The molecule has 10 atom stereocenters. The zero-order chi connectivity index (χ0) is 27.4. The Bertz CT molecular complexity index is 974. The van der Waals surface area contributed by atoms with Gasteiger partial charge in [-0.3, -0.25) is 0 Å². The SMILES string of the molecule is CC1(C)OC[C@@]23[C@@H]4[C@@H](CC[C@]2(O)C[C@@H](O[Si](C)(C)C(C)(C)C)C[C@H]3O1)[C@@]1(O)CC[C@H](C#N)[C@@]1(C)C[C@@H]4O.